The Labute approximate surface area is 137 Å². The average molecular weight is 315 g/mol. The summed E-state index contributed by atoms with van der Waals surface area (Å²) in [6, 6.07) is 7.74. The molecule has 3 rings (SSSR count). The molecule has 2 aliphatic heterocycles. The standard InChI is InChI=1S/C18H25N3O2/c1-14-6-8-15(9-7-14)19-17(23)21-12-4-11-18(13-21)10-3-5-16(22)20(18)2/h6-9H,3-5,10-13H2,1-2H3,(H,19,23). The van der Waals surface area contributed by atoms with Gasteiger partial charge in [0.2, 0.25) is 5.91 Å². The number of benzene rings is 1. The van der Waals surface area contributed by atoms with E-state index in [-0.39, 0.29) is 17.5 Å². The number of anilines is 1. The smallest absolute Gasteiger partial charge is 0.321 e. The molecule has 1 unspecified atom stereocenters. The summed E-state index contributed by atoms with van der Waals surface area (Å²) < 4.78 is 0. The van der Waals surface area contributed by atoms with Gasteiger partial charge in [0.25, 0.3) is 0 Å². The first-order valence-corrected chi connectivity index (χ1v) is 8.39. The van der Waals surface area contributed by atoms with Gasteiger partial charge in [-0.25, -0.2) is 4.79 Å². The number of nitrogens with one attached hydrogen (secondary N) is 1. The molecule has 1 N–H and O–H groups in total. The van der Waals surface area contributed by atoms with Crippen molar-refractivity contribution < 1.29 is 9.59 Å². The molecule has 2 heterocycles. The van der Waals surface area contributed by atoms with Crippen molar-refractivity contribution in [2.45, 2.75) is 44.6 Å². The quantitative estimate of drug-likeness (QED) is 0.866. The van der Waals surface area contributed by atoms with Gasteiger partial charge >= 0.3 is 6.03 Å². The molecule has 5 heteroatoms. The van der Waals surface area contributed by atoms with Crippen LogP contribution in [0.5, 0.6) is 0 Å². The van der Waals surface area contributed by atoms with Crippen LogP contribution >= 0.6 is 0 Å². The molecule has 124 valence electrons. The van der Waals surface area contributed by atoms with E-state index in [1.165, 1.54) is 5.56 Å². The molecule has 1 aromatic rings. The summed E-state index contributed by atoms with van der Waals surface area (Å²) in [7, 11) is 1.89. The number of piperidine rings is 2. The molecule has 1 spiro atoms. The summed E-state index contributed by atoms with van der Waals surface area (Å²) in [5.74, 6) is 0.206. The number of amides is 3. The van der Waals surface area contributed by atoms with E-state index in [2.05, 4.69) is 5.32 Å². The van der Waals surface area contributed by atoms with Crippen LogP contribution in [0, 0.1) is 6.92 Å². The Kier molecular flexibility index (Phi) is 4.28. The van der Waals surface area contributed by atoms with Gasteiger partial charge in [-0.3, -0.25) is 4.79 Å². The highest BCUT2D eigenvalue weighted by Crippen LogP contribution is 2.35. The highest BCUT2D eigenvalue weighted by molar-refractivity contribution is 5.89. The molecular weight excluding hydrogens is 290 g/mol. The molecule has 1 atom stereocenters. The van der Waals surface area contributed by atoms with Crippen molar-refractivity contribution in [3.8, 4) is 0 Å². The maximum absolute atomic E-state index is 12.6. The average Bonchev–Trinajstić information content (AvgIpc) is 2.55. The lowest BCUT2D eigenvalue weighted by Crippen LogP contribution is -2.62. The molecule has 2 aliphatic rings. The molecule has 0 aliphatic carbocycles. The highest BCUT2D eigenvalue weighted by Gasteiger charge is 2.44. The number of likely N-dealkylation sites (tertiary alicyclic amines) is 2. The van der Waals surface area contributed by atoms with Crippen molar-refractivity contribution in [2.24, 2.45) is 0 Å². The Morgan fingerprint density at radius 1 is 1.17 bits per heavy atom. The lowest BCUT2D eigenvalue weighted by molar-refractivity contribution is -0.142. The van der Waals surface area contributed by atoms with Crippen LogP contribution in [0.15, 0.2) is 24.3 Å². The molecule has 5 nitrogen and oxygen atoms in total. The monoisotopic (exact) mass is 315 g/mol. The predicted molar refractivity (Wildman–Crippen MR) is 90.4 cm³/mol. The number of rotatable bonds is 1. The Balaban J connectivity index is 1.69. The van der Waals surface area contributed by atoms with Crippen LogP contribution < -0.4 is 5.32 Å². The van der Waals surface area contributed by atoms with Crippen molar-refractivity contribution in [3.63, 3.8) is 0 Å². The van der Waals surface area contributed by atoms with Gasteiger partial charge in [0, 0.05) is 32.2 Å². The zero-order valence-corrected chi connectivity index (χ0v) is 14.0. The van der Waals surface area contributed by atoms with E-state index in [0.717, 1.165) is 37.9 Å². The van der Waals surface area contributed by atoms with E-state index < -0.39 is 0 Å². The molecule has 2 saturated heterocycles. The number of hydrogen-bond acceptors (Lipinski definition) is 2. The third-order valence-electron chi connectivity index (χ3n) is 5.26. The van der Waals surface area contributed by atoms with Gasteiger partial charge < -0.3 is 15.1 Å². The van der Waals surface area contributed by atoms with Crippen LogP contribution in [0.1, 0.15) is 37.7 Å². The second-order valence-corrected chi connectivity index (χ2v) is 6.85. The zero-order valence-electron chi connectivity index (χ0n) is 14.0. The topological polar surface area (TPSA) is 52.7 Å². The fourth-order valence-corrected chi connectivity index (χ4v) is 3.77. The lowest BCUT2D eigenvalue weighted by Gasteiger charge is -2.50. The Morgan fingerprint density at radius 2 is 1.87 bits per heavy atom. The van der Waals surface area contributed by atoms with Gasteiger partial charge in [-0.05, 0) is 44.7 Å². The summed E-state index contributed by atoms with van der Waals surface area (Å²) in [5, 5.41) is 2.97. The molecule has 0 aromatic heterocycles. The summed E-state index contributed by atoms with van der Waals surface area (Å²) in [6.07, 6.45) is 4.48. The van der Waals surface area contributed by atoms with Crippen LogP contribution in [0.25, 0.3) is 0 Å². The first-order valence-electron chi connectivity index (χ1n) is 8.39. The summed E-state index contributed by atoms with van der Waals surface area (Å²) >= 11 is 0. The first kappa shape index (κ1) is 15.8. The minimum atomic E-state index is -0.168. The van der Waals surface area contributed by atoms with Crippen molar-refractivity contribution in [2.75, 3.05) is 25.5 Å². The van der Waals surface area contributed by atoms with Gasteiger partial charge in [-0.1, -0.05) is 17.7 Å². The number of urea groups is 1. The maximum atomic E-state index is 12.6. The lowest BCUT2D eigenvalue weighted by atomic mass is 9.80. The second-order valence-electron chi connectivity index (χ2n) is 6.85. The minimum Gasteiger partial charge on any atom is -0.338 e. The van der Waals surface area contributed by atoms with Gasteiger partial charge in [-0.2, -0.15) is 0 Å². The van der Waals surface area contributed by atoms with Gasteiger partial charge in [0.15, 0.2) is 0 Å². The normalized spacial score (nSPS) is 24.9. The molecule has 0 saturated carbocycles. The number of nitrogens with zero attached hydrogens (tertiary/aromatic N) is 2. The van der Waals surface area contributed by atoms with Crippen LogP contribution in [0.2, 0.25) is 0 Å². The molecular formula is C18H25N3O2. The largest absolute Gasteiger partial charge is 0.338 e. The number of carbonyl (C=O) groups excluding carboxylic acids is 2. The first-order chi connectivity index (χ1) is 11.0. The van der Waals surface area contributed by atoms with E-state index in [1.54, 1.807) is 0 Å². The van der Waals surface area contributed by atoms with Crippen molar-refractivity contribution >= 4 is 17.6 Å². The van der Waals surface area contributed by atoms with Crippen molar-refractivity contribution in [3.05, 3.63) is 29.8 Å². The van der Waals surface area contributed by atoms with E-state index in [0.29, 0.717) is 13.0 Å². The molecule has 0 bridgehead atoms. The number of carbonyl (C=O) groups is 2. The molecule has 3 amide bonds. The zero-order chi connectivity index (χ0) is 16.4. The molecule has 1 aromatic carbocycles. The predicted octanol–water partition coefficient (Wildman–Crippen LogP) is 3.00. The van der Waals surface area contributed by atoms with Gasteiger partial charge in [0.05, 0.1) is 5.54 Å². The molecule has 2 fully saturated rings. The van der Waals surface area contributed by atoms with E-state index in [4.69, 9.17) is 0 Å². The van der Waals surface area contributed by atoms with Gasteiger partial charge in [0.1, 0.15) is 0 Å². The van der Waals surface area contributed by atoms with E-state index in [9.17, 15) is 9.59 Å². The summed E-state index contributed by atoms with van der Waals surface area (Å²) in [5.41, 5.74) is 1.81. The number of likely N-dealkylation sites (N-methyl/N-ethyl adjacent to an activating group) is 1. The Bertz CT molecular complexity index is 595. The fraction of sp³-hybridized carbons (Fsp3) is 0.556. The van der Waals surface area contributed by atoms with Crippen LogP contribution in [-0.2, 0) is 4.79 Å². The number of hydrogen-bond donors (Lipinski definition) is 1. The number of aryl methyl sites for hydroxylation is 1. The maximum Gasteiger partial charge on any atom is 0.321 e. The molecule has 0 radical (unpaired) electrons. The Morgan fingerprint density at radius 3 is 2.61 bits per heavy atom. The van der Waals surface area contributed by atoms with Crippen LogP contribution in [-0.4, -0.2) is 47.4 Å². The second kappa shape index (κ2) is 6.22. The van der Waals surface area contributed by atoms with Gasteiger partial charge in [-0.15, -0.1) is 0 Å². The van der Waals surface area contributed by atoms with Crippen molar-refractivity contribution in [1.82, 2.24) is 9.80 Å². The van der Waals surface area contributed by atoms with E-state index in [1.807, 2.05) is 48.0 Å². The fourth-order valence-electron chi connectivity index (χ4n) is 3.77. The summed E-state index contributed by atoms with van der Waals surface area (Å²) in [6.45, 7) is 3.41. The molecule has 23 heavy (non-hydrogen) atoms. The van der Waals surface area contributed by atoms with Crippen LogP contribution in [0.4, 0.5) is 10.5 Å². The third-order valence-corrected chi connectivity index (χ3v) is 5.26. The third kappa shape index (κ3) is 3.19. The highest BCUT2D eigenvalue weighted by atomic mass is 16.2. The summed E-state index contributed by atoms with van der Waals surface area (Å²) in [4.78, 5) is 28.4. The van der Waals surface area contributed by atoms with E-state index >= 15 is 0 Å². The SMILES string of the molecule is Cc1ccc(NC(=O)N2CCCC3(CCCC(=O)N3C)C2)cc1. The van der Waals surface area contributed by atoms with Crippen LogP contribution in [0.3, 0.4) is 0 Å². The van der Waals surface area contributed by atoms with Crippen molar-refractivity contribution in [1.29, 1.82) is 0 Å². The minimum absolute atomic E-state index is 0.0700. The Hall–Kier alpha value is -2.04.